The molecule has 4 aromatic rings. The number of nitrogens with zero attached hydrogens (tertiary/aromatic N) is 3. The van der Waals surface area contributed by atoms with Crippen LogP contribution in [0.2, 0.25) is 0 Å². The standard InChI is InChI=1S/C25H25F3N6O2/c1-13-12-29-24(33-22(13)31-18-6-7-21-20(11-18)32-25(35)36-21)34(23(27)28)19-9-15(8-16(26)10-19)14(2)30-17-4-3-5-17/h6-12,14,17,23,30H,3-5H2,1-2H3,(H,32,35)(H,29,31,33). The Balaban J connectivity index is 1.46. The number of oxazole rings is 1. The van der Waals surface area contributed by atoms with Gasteiger partial charge in [-0.15, -0.1) is 0 Å². The van der Waals surface area contributed by atoms with Crippen LogP contribution in [0.4, 0.5) is 36.3 Å². The van der Waals surface area contributed by atoms with Gasteiger partial charge in [-0.2, -0.15) is 13.8 Å². The summed E-state index contributed by atoms with van der Waals surface area (Å²) in [6.45, 7) is 0.598. The summed E-state index contributed by atoms with van der Waals surface area (Å²) in [7, 11) is 0. The van der Waals surface area contributed by atoms with E-state index in [-0.39, 0.29) is 23.5 Å². The SMILES string of the molecule is Cc1cnc(N(c2cc(F)cc(C(C)NC3CCC3)c2)C(F)F)nc1Nc1ccc2oc(=O)[nH]c2c1. The van der Waals surface area contributed by atoms with Crippen molar-refractivity contribution in [1.82, 2.24) is 20.3 Å². The molecule has 0 saturated heterocycles. The molecule has 1 atom stereocenters. The molecule has 1 aliphatic carbocycles. The van der Waals surface area contributed by atoms with E-state index in [2.05, 4.69) is 25.6 Å². The Morgan fingerprint density at radius 2 is 2.00 bits per heavy atom. The number of anilines is 4. The maximum atomic E-state index is 14.5. The van der Waals surface area contributed by atoms with Crippen LogP contribution < -0.4 is 21.3 Å². The molecule has 1 saturated carbocycles. The molecule has 11 heteroatoms. The van der Waals surface area contributed by atoms with Crippen molar-refractivity contribution < 1.29 is 17.6 Å². The van der Waals surface area contributed by atoms with Gasteiger partial charge in [0.25, 0.3) is 0 Å². The Morgan fingerprint density at radius 1 is 1.19 bits per heavy atom. The van der Waals surface area contributed by atoms with E-state index in [0.29, 0.717) is 38.9 Å². The van der Waals surface area contributed by atoms with Crippen LogP contribution in [0.15, 0.2) is 51.8 Å². The number of benzene rings is 2. The van der Waals surface area contributed by atoms with Crippen LogP contribution in [-0.2, 0) is 0 Å². The Labute approximate surface area is 204 Å². The summed E-state index contributed by atoms with van der Waals surface area (Å²) in [6.07, 6.45) is 4.66. The monoisotopic (exact) mass is 498 g/mol. The molecule has 1 fully saturated rings. The average Bonchev–Trinajstić information content (AvgIpc) is 3.17. The average molecular weight is 499 g/mol. The first-order valence-corrected chi connectivity index (χ1v) is 11.6. The lowest BCUT2D eigenvalue weighted by molar-refractivity contribution is 0.154. The second-order valence-electron chi connectivity index (χ2n) is 8.96. The summed E-state index contributed by atoms with van der Waals surface area (Å²) >= 11 is 0. The van der Waals surface area contributed by atoms with Crippen LogP contribution in [0.1, 0.15) is 43.4 Å². The molecule has 1 unspecified atom stereocenters. The number of rotatable bonds is 8. The lowest BCUT2D eigenvalue weighted by Crippen LogP contribution is -2.37. The van der Waals surface area contributed by atoms with Crippen molar-refractivity contribution in [3.8, 4) is 0 Å². The number of aryl methyl sites for hydroxylation is 1. The highest BCUT2D eigenvalue weighted by Gasteiger charge is 2.26. The van der Waals surface area contributed by atoms with Gasteiger partial charge in [-0.3, -0.25) is 9.88 Å². The van der Waals surface area contributed by atoms with Gasteiger partial charge in [-0.1, -0.05) is 6.42 Å². The van der Waals surface area contributed by atoms with E-state index >= 15 is 0 Å². The van der Waals surface area contributed by atoms with Gasteiger partial charge >= 0.3 is 12.3 Å². The first-order chi connectivity index (χ1) is 17.3. The molecule has 2 heterocycles. The van der Waals surface area contributed by atoms with E-state index < -0.39 is 18.1 Å². The molecule has 0 spiro atoms. The number of H-pyrrole nitrogens is 1. The van der Waals surface area contributed by atoms with E-state index in [9.17, 15) is 18.0 Å². The van der Waals surface area contributed by atoms with Crippen LogP contribution in [0.3, 0.4) is 0 Å². The lowest BCUT2D eigenvalue weighted by Gasteiger charge is -2.30. The molecule has 5 rings (SSSR count). The third-order valence-corrected chi connectivity index (χ3v) is 6.33. The molecule has 3 N–H and O–H groups in total. The van der Waals surface area contributed by atoms with Crippen LogP contribution in [0.5, 0.6) is 0 Å². The summed E-state index contributed by atoms with van der Waals surface area (Å²) < 4.78 is 48.1. The van der Waals surface area contributed by atoms with Gasteiger partial charge in [-0.05, 0) is 68.7 Å². The number of hydrogen-bond acceptors (Lipinski definition) is 7. The predicted octanol–water partition coefficient (Wildman–Crippen LogP) is 5.67. The number of hydrogen-bond donors (Lipinski definition) is 3. The van der Waals surface area contributed by atoms with E-state index in [0.717, 1.165) is 25.3 Å². The number of nitrogens with one attached hydrogen (secondary N) is 3. The van der Waals surface area contributed by atoms with Crippen molar-refractivity contribution in [3.63, 3.8) is 0 Å². The van der Waals surface area contributed by atoms with Gasteiger partial charge in [0.15, 0.2) is 5.58 Å². The van der Waals surface area contributed by atoms with Crippen molar-refractivity contribution in [1.29, 1.82) is 0 Å². The van der Waals surface area contributed by atoms with E-state index in [1.54, 1.807) is 25.1 Å². The Bertz CT molecular complexity index is 1450. The molecule has 2 aromatic carbocycles. The fraction of sp³-hybridized carbons (Fsp3) is 0.320. The summed E-state index contributed by atoms with van der Waals surface area (Å²) in [5, 5.41) is 6.47. The van der Waals surface area contributed by atoms with Gasteiger partial charge in [0.05, 0.1) is 11.2 Å². The quantitative estimate of drug-likeness (QED) is 0.269. The zero-order valence-electron chi connectivity index (χ0n) is 19.7. The molecule has 188 valence electrons. The number of fused-ring (bicyclic) bond motifs is 1. The first-order valence-electron chi connectivity index (χ1n) is 11.6. The third-order valence-electron chi connectivity index (χ3n) is 6.33. The fourth-order valence-electron chi connectivity index (χ4n) is 4.17. The molecule has 2 aromatic heterocycles. The smallest absolute Gasteiger partial charge is 0.408 e. The normalized spacial score (nSPS) is 14.7. The third kappa shape index (κ3) is 4.92. The van der Waals surface area contributed by atoms with Gasteiger partial charge < -0.3 is 15.1 Å². The molecule has 0 radical (unpaired) electrons. The fourth-order valence-corrected chi connectivity index (χ4v) is 4.17. The highest BCUT2D eigenvalue weighted by Crippen LogP contribution is 2.32. The highest BCUT2D eigenvalue weighted by molar-refractivity contribution is 5.78. The molecule has 1 aliphatic rings. The zero-order chi connectivity index (χ0) is 25.4. The number of aromatic amines is 1. The second-order valence-corrected chi connectivity index (χ2v) is 8.96. The van der Waals surface area contributed by atoms with E-state index in [1.165, 1.54) is 18.3 Å². The minimum atomic E-state index is -3.02. The predicted molar refractivity (Wildman–Crippen MR) is 131 cm³/mol. The summed E-state index contributed by atoms with van der Waals surface area (Å²) in [5.74, 6) is -1.20. The van der Waals surface area contributed by atoms with Crippen LogP contribution >= 0.6 is 0 Å². The Morgan fingerprint density at radius 3 is 2.72 bits per heavy atom. The number of halogens is 3. The lowest BCUT2D eigenvalue weighted by atomic mass is 9.91. The van der Waals surface area contributed by atoms with Crippen molar-refractivity contribution in [2.45, 2.75) is 51.7 Å². The van der Waals surface area contributed by atoms with Crippen molar-refractivity contribution in [2.24, 2.45) is 0 Å². The van der Waals surface area contributed by atoms with Crippen molar-refractivity contribution >= 4 is 34.2 Å². The van der Waals surface area contributed by atoms with Crippen LogP contribution in [0, 0.1) is 12.7 Å². The summed E-state index contributed by atoms with van der Waals surface area (Å²) in [5.41, 5.74) is 2.54. The first kappa shape index (κ1) is 23.9. The molecule has 8 nitrogen and oxygen atoms in total. The van der Waals surface area contributed by atoms with Gasteiger partial charge in [0, 0.05) is 29.5 Å². The molecule has 0 amide bonds. The zero-order valence-corrected chi connectivity index (χ0v) is 19.7. The number of alkyl halides is 2. The maximum Gasteiger partial charge on any atom is 0.417 e. The maximum absolute atomic E-state index is 14.5. The minimum absolute atomic E-state index is 0.0468. The molecular weight excluding hydrogens is 473 g/mol. The van der Waals surface area contributed by atoms with Gasteiger partial charge in [-0.25, -0.2) is 14.2 Å². The molecular formula is C25H25F3N6O2. The van der Waals surface area contributed by atoms with Crippen LogP contribution in [0.25, 0.3) is 11.1 Å². The largest absolute Gasteiger partial charge is 0.417 e. The van der Waals surface area contributed by atoms with Crippen molar-refractivity contribution in [3.05, 3.63) is 70.1 Å². The molecule has 0 bridgehead atoms. The Kier molecular flexibility index (Phi) is 6.40. The van der Waals surface area contributed by atoms with Gasteiger partial charge in [0.2, 0.25) is 5.95 Å². The molecule has 36 heavy (non-hydrogen) atoms. The second kappa shape index (κ2) is 9.65. The molecule has 0 aliphatic heterocycles. The van der Waals surface area contributed by atoms with Gasteiger partial charge in [0.1, 0.15) is 11.6 Å². The highest BCUT2D eigenvalue weighted by atomic mass is 19.3. The van der Waals surface area contributed by atoms with E-state index in [1.807, 2.05) is 6.92 Å². The van der Waals surface area contributed by atoms with E-state index in [4.69, 9.17) is 4.42 Å². The van der Waals surface area contributed by atoms with Crippen molar-refractivity contribution in [2.75, 3.05) is 10.2 Å². The number of aromatic nitrogens is 3. The Hall–Kier alpha value is -3.86. The summed E-state index contributed by atoms with van der Waals surface area (Å²) in [4.78, 5) is 23.0. The topological polar surface area (TPSA) is 99.1 Å². The summed E-state index contributed by atoms with van der Waals surface area (Å²) in [6, 6.07) is 8.99. The van der Waals surface area contributed by atoms with Crippen LogP contribution in [-0.4, -0.2) is 27.5 Å². The minimum Gasteiger partial charge on any atom is -0.408 e.